The molecule has 0 heterocycles. The molecule has 0 bridgehead atoms. The second-order valence-electron chi connectivity index (χ2n) is 10.1. The first-order valence-corrected chi connectivity index (χ1v) is 11.5. The lowest BCUT2D eigenvalue weighted by atomic mass is 9.47. The van der Waals surface area contributed by atoms with Crippen molar-refractivity contribution < 1.29 is 0 Å². The van der Waals surface area contributed by atoms with Crippen molar-refractivity contribution in [1.82, 2.24) is 5.32 Å². The highest BCUT2D eigenvalue weighted by molar-refractivity contribution is 5.03. The van der Waals surface area contributed by atoms with Crippen LogP contribution in [0.1, 0.15) is 93.9 Å². The average Bonchev–Trinajstić information content (AvgIpc) is 2.60. The Bertz CT molecular complexity index is 426. The largest absolute Gasteiger partial charge is 0.320 e. The van der Waals surface area contributed by atoms with Gasteiger partial charge in [0.15, 0.2) is 0 Å². The Morgan fingerprint density at radius 2 is 1.81 bits per heavy atom. The van der Waals surface area contributed by atoms with E-state index >= 15 is 0 Å². The van der Waals surface area contributed by atoms with Crippen molar-refractivity contribution in [2.75, 3.05) is 13.6 Å². The normalized spacial score (nSPS) is 35.2. The molecular weight excluding hydrogens is 314 g/mol. The van der Waals surface area contributed by atoms with E-state index in [1.807, 2.05) is 0 Å². The van der Waals surface area contributed by atoms with E-state index < -0.39 is 0 Å². The summed E-state index contributed by atoms with van der Waals surface area (Å²) in [6, 6.07) is 0. The maximum Gasteiger partial charge on any atom is -0.00465 e. The fourth-order valence-corrected chi connectivity index (χ4v) is 6.02. The molecule has 1 aliphatic rings. The third kappa shape index (κ3) is 5.15. The van der Waals surface area contributed by atoms with Crippen LogP contribution in [-0.2, 0) is 0 Å². The maximum atomic E-state index is 3.41. The zero-order valence-electron chi connectivity index (χ0n) is 19.5. The summed E-state index contributed by atoms with van der Waals surface area (Å²) in [5, 5.41) is 3.41. The fraction of sp³-hybridized carbons (Fsp3) is 0.920. The lowest BCUT2D eigenvalue weighted by Crippen LogP contribution is -2.51. The molecule has 1 N–H and O–H groups in total. The minimum atomic E-state index is 0.465. The van der Waals surface area contributed by atoms with E-state index in [2.05, 4.69) is 79.9 Å². The van der Waals surface area contributed by atoms with Gasteiger partial charge in [0, 0.05) is 0 Å². The second-order valence-corrected chi connectivity index (χ2v) is 10.1. The number of rotatable bonds is 10. The SMILES string of the molecule is CCC(/C=C/CC(C)C1(C)CCC(C)C(C)(CCNC)C1CC)C(C)C. The highest BCUT2D eigenvalue weighted by atomic mass is 14.8. The zero-order chi connectivity index (χ0) is 20.0. The molecule has 0 radical (unpaired) electrons. The summed E-state index contributed by atoms with van der Waals surface area (Å²) in [7, 11) is 2.10. The minimum Gasteiger partial charge on any atom is -0.320 e. The quantitative estimate of drug-likeness (QED) is 0.401. The van der Waals surface area contributed by atoms with E-state index in [-0.39, 0.29) is 0 Å². The van der Waals surface area contributed by atoms with Gasteiger partial charge in [0.25, 0.3) is 0 Å². The molecule has 1 saturated carbocycles. The van der Waals surface area contributed by atoms with Crippen molar-refractivity contribution in [2.45, 2.75) is 93.9 Å². The summed E-state index contributed by atoms with van der Waals surface area (Å²) in [4.78, 5) is 0. The molecule has 0 aromatic carbocycles. The third-order valence-corrected chi connectivity index (χ3v) is 8.48. The Morgan fingerprint density at radius 3 is 2.31 bits per heavy atom. The Balaban J connectivity index is 2.94. The first-order chi connectivity index (χ1) is 12.2. The standard InChI is InChI=1S/C25H49N/c1-10-22(19(3)4)14-12-13-20(5)24(7)16-15-21(6)25(8,17-18-26-9)23(24)11-2/h12,14,19-23,26H,10-11,13,15-18H2,1-9H3/b14-12+. The summed E-state index contributed by atoms with van der Waals surface area (Å²) in [6.07, 6.45) is 13.0. The topological polar surface area (TPSA) is 12.0 Å². The molecule has 1 fully saturated rings. The maximum absolute atomic E-state index is 3.41. The van der Waals surface area contributed by atoms with Gasteiger partial charge in [0.05, 0.1) is 0 Å². The summed E-state index contributed by atoms with van der Waals surface area (Å²) in [5.41, 5.74) is 0.931. The fourth-order valence-electron chi connectivity index (χ4n) is 6.02. The molecule has 0 saturated heterocycles. The first-order valence-electron chi connectivity index (χ1n) is 11.5. The minimum absolute atomic E-state index is 0.465. The molecule has 6 atom stereocenters. The van der Waals surface area contributed by atoms with Crippen LogP contribution in [0.4, 0.5) is 0 Å². The van der Waals surface area contributed by atoms with Gasteiger partial charge < -0.3 is 5.32 Å². The van der Waals surface area contributed by atoms with Gasteiger partial charge in [-0.3, -0.25) is 0 Å². The van der Waals surface area contributed by atoms with Gasteiger partial charge in [0.2, 0.25) is 0 Å². The first kappa shape index (κ1) is 23.7. The molecule has 0 amide bonds. The summed E-state index contributed by atoms with van der Waals surface area (Å²) >= 11 is 0. The van der Waals surface area contributed by atoms with Crippen LogP contribution in [-0.4, -0.2) is 13.6 Å². The van der Waals surface area contributed by atoms with Crippen LogP contribution in [0.3, 0.4) is 0 Å². The molecule has 1 aliphatic carbocycles. The third-order valence-electron chi connectivity index (χ3n) is 8.48. The van der Waals surface area contributed by atoms with E-state index in [1.165, 1.54) is 38.5 Å². The lowest BCUT2D eigenvalue weighted by Gasteiger charge is -2.58. The molecule has 0 aliphatic heterocycles. The van der Waals surface area contributed by atoms with Crippen LogP contribution in [0, 0.1) is 40.4 Å². The van der Waals surface area contributed by atoms with Gasteiger partial charge in [0.1, 0.15) is 0 Å². The molecule has 1 nitrogen and oxygen atoms in total. The van der Waals surface area contributed by atoms with Crippen molar-refractivity contribution in [3.05, 3.63) is 12.2 Å². The molecule has 0 spiro atoms. The van der Waals surface area contributed by atoms with Crippen LogP contribution >= 0.6 is 0 Å². The summed E-state index contributed by atoms with van der Waals surface area (Å²) < 4.78 is 0. The van der Waals surface area contributed by atoms with Crippen LogP contribution in [0.2, 0.25) is 0 Å². The van der Waals surface area contributed by atoms with E-state index in [9.17, 15) is 0 Å². The van der Waals surface area contributed by atoms with Crippen LogP contribution in [0.25, 0.3) is 0 Å². The van der Waals surface area contributed by atoms with Crippen molar-refractivity contribution in [2.24, 2.45) is 40.4 Å². The second kappa shape index (κ2) is 10.3. The molecule has 1 heteroatoms. The van der Waals surface area contributed by atoms with Gasteiger partial charge in [-0.05, 0) is 86.1 Å². The zero-order valence-corrected chi connectivity index (χ0v) is 19.5. The molecule has 1 rings (SSSR count). The number of nitrogens with one attached hydrogen (secondary N) is 1. The van der Waals surface area contributed by atoms with Crippen LogP contribution in [0.15, 0.2) is 12.2 Å². The number of hydrogen-bond donors (Lipinski definition) is 1. The monoisotopic (exact) mass is 363 g/mol. The predicted molar refractivity (Wildman–Crippen MR) is 118 cm³/mol. The Labute approximate surface area is 165 Å². The van der Waals surface area contributed by atoms with Crippen LogP contribution < -0.4 is 5.32 Å². The van der Waals surface area contributed by atoms with E-state index in [0.717, 1.165) is 36.1 Å². The molecular formula is C25H49N. The smallest absolute Gasteiger partial charge is 0.00465 e. The molecule has 0 aromatic heterocycles. The van der Waals surface area contributed by atoms with E-state index in [1.54, 1.807) is 0 Å². The average molecular weight is 364 g/mol. The lowest BCUT2D eigenvalue weighted by molar-refractivity contribution is -0.0846. The Kier molecular flexibility index (Phi) is 9.40. The Hall–Kier alpha value is -0.300. The number of hydrogen-bond acceptors (Lipinski definition) is 1. The van der Waals surface area contributed by atoms with Crippen molar-refractivity contribution in [1.29, 1.82) is 0 Å². The molecule has 0 aromatic rings. The Morgan fingerprint density at radius 1 is 1.15 bits per heavy atom. The summed E-state index contributed by atoms with van der Waals surface area (Å²) in [6.45, 7) is 20.9. The van der Waals surface area contributed by atoms with Crippen molar-refractivity contribution in [3.63, 3.8) is 0 Å². The summed E-state index contributed by atoms with van der Waals surface area (Å²) in [5.74, 6) is 3.91. The van der Waals surface area contributed by atoms with Crippen LogP contribution in [0.5, 0.6) is 0 Å². The highest BCUT2D eigenvalue weighted by Crippen LogP contribution is 2.60. The predicted octanol–water partition coefficient (Wildman–Crippen LogP) is 7.33. The van der Waals surface area contributed by atoms with E-state index in [4.69, 9.17) is 0 Å². The van der Waals surface area contributed by atoms with Gasteiger partial charge in [-0.1, -0.05) is 74.0 Å². The molecule has 6 unspecified atom stereocenters. The van der Waals surface area contributed by atoms with Crippen molar-refractivity contribution >= 4 is 0 Å². The highest BCUT2D eigenvalue weighted by Gasteiger charge is 2.52. The van der Waals surface area contributed by atoms with Gasteiger partial charge in [-0.15, -0.1) is 0 Å². The van der Waals surface area contributed by atoms with Crippen molar-refractivity contribution in [3.8, 4) is 0 Å². The van der Waals surface area contributed by atoms with E-state index in [0.29, 0.717) is 10.8 Å². The number of allylic oxidation sites excluding steroid dienone is 2. The van der Waals surface area contributed by atoms with Gasteiger partial charge >= 0.3 is 0 Å². The molecule has 26 heavy (non-hydrogen) atoms. The van der Waals surface area contributed by atoms with Gasteiger partial charge in [-0.25, -0.2) is 0 Å². The molecule has 154 valence electrons. The van der Waals surface area contributed by atoms with Gasteiger partial charge in [-0.2, -0.15) is 0 Å².